The lowest BCUT2D eigenvalue weighted by atomic mass is 10.1. The maximum Gasteiger partial charge on any atom is 0.254 e. The lowest BCUT2D eigenvalue weighted by Gasteiger charge is -2.36. The van der Waals surface area contributed by atoms with Gasteiger partial charge in [-0.25, -0.2) is 0 Å². The Balaban J connectivity index is 1.69. The van der Waals surface area contributed by atoms with Crippen molar-refractivity contribution in [2.75, 3.05) is 38.2 Å². The van der Waals surface area contributed by atoms with Gasteiger partial charge < -0.3 is 14.5 Å². The second-order valence-corrected chi connectivity index (χ2v) is 7.44. The van der Waals surface area contributed by atoms with Crippen LogP contribution in [-0.4, -0.2) is 44.1 Å². The molecule has 1 saturated heterocycles. The van der Waals surface area contributed by atoms with E-state index in [1.165, 1.54) is 0 Å². The smallest absolute Gasteiger partial charge is 0.254 e. The maximum absolute atomic E-state index is 12.7. The van der Waals surface area contributed by atoms with E-state index < -0.39 is 0 Å². The fraction of sp³-hybridized carbons (Fsp3) is 0.278. The minimum Gasteiger partial charge on any atom is -0.495 e. The predicted molar refractivity (Wildman–Crippen MR) is 103 cm³/mol. The van der Waals surface area contributed by atoms with Gasteiger partial charge in [-0.15, -0.1) is 0 Å². The number of hydrogen-bond donors (Lipinski definition) is 0. The van der Waals surface area contributed by atoms with Gasteiger partial charge in [0.05, 0.1) is 12.8 Å². The van der Waals surface area contributed by atoms with E-state index in [-0.39, 0.29) is 5.91 Å². The Labute approximate surface area is 158 Å². The Morgan fingerprint density at radius 1 is 1.00 bits per heavy atom. The summed E-state index contributed by atoms with van der Waals surface area (Å²) in [4.78, 5) is 16.9. The van der Waals surface area contributed by atoms with Crippen molar-refractivity contribution >= 4 is 43.5 Å². The standard InChI is InChI=1S/C18H18Br2N2O2/c1-24-17-5-3-2-4-16(17)21-6-8-22(9-7-21)18(23)13-10-14(19)12-15(20)11-13/h2-5,10-12H,6-9H2,1H3. The molecule has 0 radical (unpaired) electrons. The Morgan fingerprint density at radius 2 is 1.62 bits per heavy atom. The summed E-state index contributed by atoms with van der Waals surface area (Å²) >= 11 is 6.88. The largest absolute Gasteiger partial charge is 0.495 e. The molecule has 2 aromatic rings. The third-order valence-electron chi connectivity index (χ3n) is 4.10. The molecule has 2 aromatic carbocycles. The number of benzene rings is 2. The molecule has 0 unspecified atom stereocenters. The van der Waals surface area contributed by atoms with Crippen LogP contribution in [0.3, 0.4) is 0 Å². The number of anilines is 1. The van der Waals surface area contributed by atoms with E-state index in [9.17, 15) is 4.79 Å². The summed E-state index contributed by atoms with van der Waals surface area (Å²) in [6.07, 6.45) is 0. The van der Waals surface area contributed by atoms with Crippen LogP contribution in [0.4, 0.5) is 5.69 Å². The minimum atomic E-state index is 0.0664. The normalized spacial score (nSPS) is 14.6. The van der Waals surface area contributed by atoms with Gasteiger partial charge >= 0.3 is 0 Å². The first-order valence-corrected chi connectivity index (χ1v) is 9.30. The molecule has 1 fully saturated rings. The molecule has 1 aliphatic rings. The molecule has 24 heavy (non-hydrogen) atoms. The summed E-state index contributed by atoms with van der Waals surface area (Å²) in [7, 11) is 1.68. The average Bonchev–Trinajstić information content (AvgIpc) is 2.60. The molecule has 0 N–H and O–H groups in total. The molecule has 1 amide bonds. The summed E-state index contributed by atoms with van der Waals surface area (Å²) in [5, 5.41) is 0. The molecular formula is C18H18Br2N2O2. The van der Waals surface area contributed by atoms with E-state index in [1.807, 2.05) is 41.3 Å². The predicted octanol–water partition coefficient (Wildman–Crippen LogP) is 4.18. The fourth-order valence-corrected chi connectivity index (χ4v) is 4.20. The molecule has 0 spiro atoms. The topological polar surface area (TPSA) is 32.8 Å². The summed E-state index contributed by atoms with van der Waals surface area (Å²) < 4.78 is 7.23. The van der Waals surface area contributed by atoms with E-state index in [2.05, 4.69) is 42.8 Å². The zero-order valence-electron chi connectivity index (χ0n) is 13.3. The number of nitrogens with zero attached hydrogens (tertiary/aromatic N) is 2. The van der Waals surface area contributed by atoms with Gasteiger partial charge in [0.1, 0.15) is 5.75 Å². The van der Waals surface area contributed by atoms with Gasteiger partial charge in [-0.2, -0.15) is 0 Å². The molecule has 0 aliphatic carbocycles. The monoisotopic (exact) mass is 452 g/mol. The number of para-hydroxylation sites is 2. The van der Waals surface area contributed by atoms with Crippen molar-refractivity contribution in [1.29, 1.82) is 0 Å². The van der Waals surface area contributed by atoms with E-state index in [1.54, 1.807) is 7.11 Å². The highest BCUT2D eigenvalue weighted by Gasteiger charge is 2.24. The molecule has 0 bridgehead atoms. The van der Waals surface area contributed by atoms with Gasteiger partial charge in [-0.05, 0) is 30.3 Å². The van der Waals surface area contributed by atoms with Crippen LogP contribution in [0.15, 0.2) is 51.4 Å². The highest BCUT2D eigenvalue weighted by atomic mass is 79.9. The molecule has 0 aromatic heterocycles. The highest BCUT2D eigenvalue weighted by molar-refractivity contribution is 9.11. The first-order chi connectivity index (χ1) is 11.6. The molecule has 6 heteroatoms. The van der Waals surface area contributed by atoms with Crippen molar-refractivity contribution in [1.82, 2.24) is 4.90 Å². The lowest BCUT2D eigenvalue weighted by molar-refractivity contribution is 0.0746. The number of rotatable bonds is 3. The van der Waals surface area contributed by atoms with Gasteiger partial charge in [0, 0.05) is 40.7 Å². The molecule has 4 nitrogen and oxygen atoms in total. The van der Waals surface area contributed by atoms with Gasteiger partial charge in [0.15, 0.2) is 0 Å². The zero-order chi connectivity index (χ0) is 17.1. The number of carbonyl (C=O) groups excluding carboxylic acids is 1. The second-order valence-electron chi connectivity index (χ2n) is 5.61. The minimum absolute atomic E-state index is 0.0664. The Kier molecular flexibility index (Phi) is 5.46. The van der Waals surface area contributed by atoms with Crippen LogP contribution in [0.5, 0.6) is 5.75 Å². The van der Waals surface area contributed by atoms with Crippen LogP contribution in [0, 0.1) is 0 Å². The maximum atomic E-state index is 12.7. The lowest BCUT2D eigenvalue weighted by Crippen LogP contribution is -2.48. The van der Waals surface area contributed by atoms with E-state index >= 15 is 0 Å². The number of hydrogen-bond acceptors (Lipinski definition) is 3. The fourth-order valence-electron chi connectivity index (χ4n) is 2.90. The van der Waals surface area contributed by atoms with Crippen LogP contribution < -0.4 is 9.64 Å². The SMILES string of the molecule is COc1ccccc1N1CCN(C(=O)c2cc(Br)cc(Br)c2)CC1. The summed E-state index contributed by atoms with van der Waals surface area (Å²) in [6.45, 7) is 2.98. The van der Waals surface area contributed by atoms with E-state index in [0.717, 1.165) is 33.5 Å². The van der Waals surface area contributed by atoms with Crippen LogP contribution in [0.1, 0.15) is 10.4 Å². The van der Waals surface area contributed by atoms with Crippen LogP contribution >= 0.6 is 31.9 Å². The first kappa shape index (κ1) is 17.3. The van der Waals surface area contributed by atoms with Gasteiger partial charge in [-0.3, -0.25) is 4.79 Å². The molecule has 3 rings (SSSR count). The molecule has 1 heterocycles. The van der Waals surface area contributed by atoms with Gasteiger partial charge in [0.25, 0.3) is 5.91 Å². The Morgan fingerprint density at radius 3 is 2.25 bits per heavy atom. The molecule has 1 aliphatic heterocycles. The molecule has 126 valence electrons. The van der Waals surface area contributed by atoms with E-state index in [0.29, 0.717) is 18.7 Å². The van der Waals surface area contributed by atoms with Crippen LogP contribution in [0.2, 0.25) is 0 Å². The van der Waals surface area contributed by atoms with Crippen LogP contribution in [0.25, 0.3) is 0 Å². The van der Waals surface area contributed by atoms with Crippen molar-refractivity contribution in [2.24, 2.45) is 0 Å². The van der Waals surface area contributed by atoms with E-state index in [4.69, 9.17) is 4.74 Å². The average molecular weight is 454 g/mol. The Bertz CT molecular complexity index is 723. The van der Waals surface area contributed by atoms with Crippen molar-refractivity contribution in [3.63, 3.8) is 0 Å². The number of ether oxygens (including phenoxy) is 1. The number of piperazine rings is 1. The van der Waals surface area contributed by atoms with Crippen molar-refractivity contribution < 1.29 is 9.53 Å². The number of amides is 1. The number of methoxy groups -OCH3 is 1. The second kappa shape index (κ2) is 7.57. The first-order valence-electron chi connectivity index (χ1n) is 7.72. The van der Waals surface area contributed by atoms with Crippen molar-refractivity contribution in [2.45, 2.75) is 0 Å². The van der Waals surface area contributed by atoms with Gasteiger partial charge in [-0.1, -0.05) is 44.0 Å². The highest BCUT2D eigenvalue weighted by Crippen LogP contribution is 2.29. The van der Waals surface area contributed by atoms with Crippen molar-refractivity contribution in [3.05, 3.63) is 57.0 Å². The number of carbonyl (C=O) groups is 1. The Hall–Kier alpha value is -1.53. The summed E-state index contributed by atoms with van der Waals surface area (Å²) in [5.41, 5.74) is 1.78. The third kappa shape index (κ3) is 3.75. The quantitative estimate of drug-likeness (QED) is 0.698. The molecule has 0 saturated carbocycles. The summed E-state index contributed by atoms with van der Waals surface area (Å²) in [6, 6.07) is 13.6. The molecular weight excluding hydrogens is 436 g/mol. The molecule has 0 atom stereocenters. The zero-order valence-corrected chi connectivity index (χ0v) is 16.5. The van der Waals surface area contributed by atoms with Crippen LogP contribution in [-0.2, 0) is 0 Å². The third-order valence-corrected chi connectivity index (χ3v) is 5.02. The number of halogens is 2. The van der Waals surface area contributed by atoms with Gasteiger partial charge in [0.2, 0.25) is 0 Å². The summed E-state index contributed by atoms with van der Waals surface area (Å²) in [5.74, 6) is 0.935. The van der Waals surface area contributed by atoms with Crippen molar-refractivity contribution in [3.8, 4) is 5.75 Å².